The van der Waals surface area contributed by atoms with E-state index in [0.717, 1.165) is 47.1 Å². The fourth-order valence-corrected chi connectivity index (χ4v) is 4.03. The monoisotopic (exact) mass is 352 g/mol. The lowest BCUT2D eigenvalue weighted by Gasteiger charge is -2.36. The third kappa shape index (κ3) is 2.93. The van der Waals surface area contributed by atoms with Crippen LogP contribution >= 0.6 is 11.6 Å². The summed E-state index contributed by atoms with van der Waals surface area (Å²) >= 11 is 6.28. The van der Waals surface area contributed by atoms with Crippen molar-refractivity contribution in [3.63, 3.8) is 0 Å². The van der Waals surface area contributed by atoms with E-state index in [2.05, 4.69) is 28.9 Å². The average molecular weight is 353 g/mol. The fourth-order valence-electron chi connectivity index (χ4n) is 3.86. The Morgan fingerprint density at radius 2 is 1.92 bits per heavy atom. The van der Waals surface area contributed by atoms with Gasteiger partial charge < -0.3 is 9.88 Å². The highest BCUT2D eigenvalue weighted by atomic mass is 35.5. The first-order valence-electron chi connectivity index (χ1n) is 8.83. The van der Waals surface area contributed by atoms with E-state index in [9.17, 15) is 4.79 Å². The number of nitrogens with one attached hydrogen (secondary N) is 1. The molecule has 0 aliphatic carbocycles. The minimum atomic E-state index is -0.0255. The maximum absolute atomic E-state index is 13.0. The first-order chi connectivity index (χ1) is 12.1. The molecule has 128 valence electrons. The van der Waals surface area contributed by atoms with E-state index in [1.807, 2.05) is 36.4 Å². The van der Waals surface area contributed by atoms with Crippen molar-refractivity contribution < 1.29 is 0 Å². The molecule has 1 saturated heterocycles. The Morgan fingerprint density at radius 3 is 2.68 bits per heavy atom. The van der Waals surface area contributed by atoms with Crippen LogP contribution in [-0.2, 0) is 0 Å². The third-order valence-electron chi connectivity index (χ3n) is 5.10. The van der Waals surface area contributed by atoms with Crippen molar-refractivity contribution in [1.82, 2.24) is 4.98 Å². The van der Waals surface area contributed by atoms with Crippen molar-refractivity contribution in [2.75, 3.05) is 11.4 Å². The highest BCUT2D eigenvalue weighted by molar-refractivity contribution is 6.31. The molecule has 25 heavy (non-hydrogen) atoms. The van der Waals surface area contributed by atoms with Gasteiger partial charge in [-0.25, -0.2) is 0 Å². The summed E-state index contributed by atoms with van der Waals surface area (Å²) in [7, 11) is 0. The van der Waals surface area contributed by atoms with Gasteiger partial charge in [0.2, 0.25) is 0 Å². The van der Waals surface area contributed by atoms with Crippen molar-refractivity contribution in [2.45, 2.75) is 32.2 Å². The largest absolute Gasteiger partial charge is 0.364 e. The van der Waals surface area contributed by atoms with Gasteiger partial charge in [0.1, 0.15) is 5.69 Å². The Bertz CT molecular complexity index is 965. The van der Waals surface area contributed by atoms with Crippen LogP contribution in [0.5, 0.6) is 0 Å². The van der Waals surface area contributed by atoms with Crippen LogP contribution in [0.25, 0.3) is 22.0 Å². The summed E-state index contributed by atoms with van der Waals surface area (Å²) in [5.41, 5.74) is 3.60. The summed E-state index contributed by atoms with van der Waals surface area (Å²) < 4.78 is 0. The molecule has 1 fully saturated rings. The molecule has 0 unspecified atom stereocenters. The predicted molar refractivity (Wildman–Crippen MR) is 106 cm³/mol. The van der Waals surface area contributed by atoms with Gasteiger partial charge in [0, 0.05) is 34.1 Å². The third-order valence-corrected chi connectivity index (χ3v) is 5.34. The first-order valence-corrected chi connectivity index (χ1v) is 9.20. The number of H-pyrrole nitrogens is 1. The van der Waals surface area contributed by atoms with Crippen molar-refractivity contribution in [3.8, 4) is 11.1 Å². The summed E-state index contributed by atoms with van der Waals surface area (Å²) in [4.78, 5) is 18.4. The van der Waals surface area contributed by atoms with E-state index < -0.39 is 0 Å². The zero-order valence-corrected chi connectivity index (χ0v) is 15.0. The lowest BCUT2D eigenvalue weighted by molar-refractivity contribution is 0.484. The molecule has 0 radical (unpaired) electrons. The number of fused-ring (bicyclic) bond motifs is 1. The smallest absolute Gasteiger partial charge is 0.272 e. The molecule has 1 atom stereocenters. The Morgan fingerprint density at radius 1 is 1.12 bits per heavy atom. The maximum atomic E-state index is 13.0. The standard InChI is InChI=1S/C21H21ClN2O/c1-14-7-5-6-12-24(14)20-19(15-8-3-2-4-9-15)17-13-16(22)10-11-18(17)23-21(20)25/h2-4,8-11,13-14H,5-7,12H2,1H3,(H,23,25)/t14-/m0/s1. The SMILES string of the molecule is C[C@H]1CCCCN1c1c(-c2ccccc2)c2cc(Cl)ccc2[nH]c1=O. The number of nitrogens with zero attached hydrogens (tertiary/aromatic N) is 1. The van der Waals surface area contributed by atoms with Crippen molar-refractivity contribution >= 4 is 28.2 Å². The molecule has 1 N–H and O–H groups in total. The fraction of sp³-hybridized carbons (Fsp3) is 0.286. The van der Waals surface area contributed by atoms with E-state index in [0.29, 0.717) is 11.1 Å². The molecular formula is C21H21ClN2O. The van der Waals surface area contributed by atoms with Gasteiger partial charge in [0.15, 0.2) is 0 Å². The van der Waals surface area contributed by atoms with Crippen LogP contribution in [-0.4, -0.2) is 17.6 Å². The summed E-state index contributed by atoms with van der Waals surface area (Å²) in [6.45, 7) is 3.12. The summed E-state index contributed by atoms with van der Waals surface area (Å²) in [6, 6.07) is 16.1. The Labute approximate surface area is 152 Å². The van der Waals surface area contributed by atoms with Crippen molar-refractivity contribution in [3.05, 3.63) is 63.9 Å². The van der Waals surface area contributed by atoms with Crippen LogP contribution in [0.3, 0.4) is 0 Å². The van der Waals surface area contributed by atoms with Crippen LogP contribution in [0.15, 0.2) is 53.3 Å². The van der Waals surface area contributed by atoms with Crippen LogP contribution in [0.2, 0.25) is 5.02 Å². The van der Waals surface area contributed by atoms with Gasteiger partial charge in [0.05, 0.1) is 0 Å². The van der Waals surface area contributed by atoms with Crippen LogP contribution in [0, 0.1) is 0 Å². The number of halogens is 1. The zero-order chi connectivity index (χ0) is 17.4. The van der Waals surface area contributed by atoms with E-state index in [4.69, 9.17) is 11.6 Å². The minimum Gasteiger partial charge on any atom is -0.364 e. The number of aromatic nitrogens is 1. The van der Waals surface area contributed by atoms with Crippen molar-refractivity contribution in [1.29, 1.82) is 0 Å². The minimum absolute atomic E-state index is 0.0255. The molecule has 2 aromatic carbocycles. The molecule has 0 amide bonds. The van der Waals surface area contributed by atoms with Gasteiger partial charge in [0.25, 0.3) is 5.56 Å². The second-order valence-corrected chi connectivity index (χ2v) is 7.21. The van der Waals surface area contributed by atoms with Gasteiger partial charge >= 0.3 is 0 Å². The molecule has 3 aromatic rings. The van der Waals surface area contributed by atoms with Gasteiger partial charge in [-0.1, -0.05) is 41.9 Å². The van der Waals surface area contributed by atoms with Crippen LogP contribution in [0.1, 0.15) is 26.2 Å². The van der Waals surface area contributed by atoms with E-state index in [-0.39, 0.29) is 5.56 Å². The number of hydrogen-bond acceptors (Lipinski definition) is 2. The molecule has 2 heterocycles. The number of anilines is 1. The van der Waals surface area contributed by atoms with E-state index in [1.54, 1.807) is 0 Å². The van der Waals surface area contributed by atoms with Gasteiger partial charge in [-0.05, 0) is 49.9 Å². The Kier molecular flexibility index (Phi) is 4.26. The maximum Gasteiger partial charge on any atom is 0.272 e. The molecule has 4 rings (SSSR count). The lowest BCUT2D eigenvalue weighted by Crippen LogP contribution is -2.41. The second-order valence-electron chi connectivity index (χ2n) is 6.77. The number of rotatable bonds is 2. The predicted octanol–water partition coefficient (Wildman–Crippen LogP) is 5.23. The highest BCUT2D eigenvalue weighted by Gasteiger charge is 2.25. The molecule has 1 aliphatic rings. The number of piperidine rings is 1. The van der Waals surface area contributed by atoms with Gasteiger partial charge in [-0.15, -0.1) is 0 Å². The molecule has 1 aromatic heterocycles. The zero-order valence-electron chi connectivity index (χ0n) is 14.3. The highest BCUT2D eigenvalue weighted by Crippen LogP contribution is 2.37. The second kappa shape index (κ2) is 6.57. The molecule has 4 heteroatoms. The molecular weight excluding hydrogens is 332 g/mol. The number of aromatic amines is 1. The first kappa shape index (κ1) is 16.2. The molecule has 0 bridgehead atoms. The number of benzene rings is 2. The van der Waals surface area contributed by atoms with Crippen LogP contribution < -0.4 is 10.5 Å². The van der Waals surface area contributed by atoms with Crippen LogP contribution in [0.4, 0.5) is 5.69 Å². The Balaban J connectivity index is 2.07. The van der Waals surface area contributed by atoms with E-state index >= 15 is 0 Å². The quantitative estimate of drug-likeness (QED) is 0.685. The average Bonchev–Trinajstić information content (AvgIpc) is 2.62. The molecule has 3 nitrogen and oxygen atoms in total. The lowest BCUT2D eigenvalue weighted by atomic mass is 9.96. The number of pyridine rings is 1. The van der Waals surface area contributed by atoms with E-state index in [1.165, 1.54) is 6.42 Å². The Hall–Kier alpha value is -2.26. The van der Waals surface area contributed by atoms with Gasteiger partial charge in [-0.3, -0.25) is 4.79 Å². The molecule has 0 saturated carbocycles. The molecule has 1 aliphatic heterocycles. The summed E-state index contributed by atoms with van der Waals surface area (Å²) in [5.74, 6) is 0. The summed E-state index contributed by atoms with van der Waals surface area (Å²) in [6.07, 6.45) is 3.45. The number of hydrogen-bond donors (Lipinski definition) is 1. The van der Waals surface area contributed by atoms with Crippen molar-refractivity contribution in [2.24, 2.45) is 0 Å². The summed E-state index contributed by atoms with van der Waals surface area (Å²) in [5, 5.41) is 1.67. The topological polar surface area (TPSA) is 36.1 Å². The van der Waals surface area contributed by atoms with Gasteiger partial charge in [-0.2, -0.15) is 0 Å². The normalized spacial score (nSPS) is 17.8. The molecule has 0 spiro atoms.